The molecule has 1 aromatic carbocycles. The number of hydrogen-bond donors (Lipinski definition) is 2. The van der Waals surface area contributed by atoms with E-state index in [4.69, 9.17) is 9.47 Å². The summed E-state index contributed by atoms with van der Waals surface area (Å²) in [6.07, 6.45) is 1.84. The van der Waals surface area contributed by atoms with Crippen molar-refractivity contribution in [2.75, 3.05) is 20.3 Å². The number of methoxy groups -OCH3 is 1. The molecule has 0 aliphatic carbocycles. The summed E-state index contributed by atoms with van der Waals surface area (Å²) >= 11 is 0. The van der Waals surface area contributed by atoms with Gasteiger partial charge < -0.3 is 20.1 Å². The molecule has 0 saturated carbocycles. The highest BCUT2D eigenvalue weighted by Gasteiger charge is 2.10. The molecule has 0 fully saturated rings. The molecule has 0 amide bonds. The molecular formula is C21H30N4O2. The Morgan fingerprint density at radius 2 is 1.93 bits per heavy atom. The number of para-hydroxylation sites is 1. The monoisotopic (exact) mass is 370 g/mol. The number of nitrogens with one attached hydrogen (secondary N) is 2. The molecule has 146 valence electrons. The zero-order chi connectivity index (χ0) is 19.6. The predicted octanol–water partition coefficient (Wildman–Crippen LogP) is 3.36. The first-order valence-electron chi connectivity index (χ1n) is 9.32. The van der Waals surface area contributed by atoms with Crippen LogP contribution in [0.3, 0.4) is 0 Å². The molecule has 0 saturated heterocycles. The molecule has 0 aliphatic rings. The minimum absolute atomic E-state index is 0.537. The van der Waals surface area contributed by atoms with Crippen LogP contribution in [0.1, 0.15) is 36.2 Å². The zero-order valence-corrected chi connectivity index (χ0v) is 16.9. The molecule has 2 aromatic rings. The molecule has 0 spiro atoms. The fraction of sp³-hybridized carbons (Fsp3) is 0.429. The van der Waals surface area contributed by atoms with Crippen LogP contribution in [0.25, 0.3) is 0 Å². The third-order valence-electron chi connectivity index (χ3n) is 4.20. The number of hydrogen-bond acceptors (Lipinski definition) is 4. The quantitative estimate of drug-likeness (QED) is 0.551. The van der Waals surface area contributed by atoms with Gasteiger partial charge in [0.2, 0.25) is 0 Å². The predicted molar refractivity (Wildman–Crippen MR) is 110 cm³/mol. The Balaban J connectivity index is 2.11. The second kappa shape index (κ2) is 10.4. The van der Waals surface area contributed by atoms with Crippen molar-refractivity contribution < 1.29 is 9.47 Å². The summed E-state index contributed by atoms with van der Waals surface area (Å²) in [4.78, 5) is 9.22. The fourth-order valence-corrected chi connectivity index (χ4v) is 2.85. The lowest BCUT2D eigenvalue weighted by molar-refractivity contribution is 0.336. The van der Waals surface area contributed by atoms with Crippen LogP contribution in [0, 0.1) is 13.8 Å². The van der Waals surface area contributed by atoms with Gasteiger partial charge in [-0.1, -0.05) is 18.2 Å². The van der Waals surface area contributed by atoms with Gasteiger partial charge in [0, 0.05) is 29.4 Å². The number of ether oxygens (including phenoxy) is 2. The summed E-state index contributed by atoms with van der Waals surface area (Å²) in [5.41, 5.74) is 4.08. The van der Waals surface area contributed by atoms with Crippen molar-refractivity contribution in [2.45, 2.75) is 40.8 Å². The van der Waals surface area contributed by atoms with Gasteiger partial charge in [-0.3, -0.25) is 4.98 Å². The van der Waals surface area contributed by atoms with E-state index in [9.17, 15) is 0 Å². The van der Waals surface area contributed by atoms with Gasteiger partial charge in [-0.15, -0.1) is 0 Å². The summed E-state index contributed by atoms with van der Waals surface area (Å²) in [5, 5.41) is 6.62. The molecule has 1 aromatic heterocycles. The maximum absolute atomic E-state index is 5.68. The van der Waals surface area contributed by atoms with Crippen LogP contribution < -0.4 is 20.1 Å². The summed E-state index contributed by atoms with van der Waals surface area (Å²) in [6, 6.07) is 7.98. The Bertz CT molecular complexity index is 775. The largest absolute Gasteiger partial charge is 0.496 e. The maximum Gasteiger partial charge on any atom is 0.191 e. The minimum Gasteiger partial charge on any atom is -0.496 e. The number of aryl methyl sites for hydroxylation is 1. The first-order chi connectivity index (χ1) is 13.1. The normalized spacial score (nSPS) is 11.2. The Morgan fingerprint density at radius 1 is 1.15 bits per heavy atom. The molecular weight excluding hydrogens is 340 g/mol. The third kappa shape index (κ3) is 5.61. The molecule has 0 unspecified atom stereocenters. The minimum atomic E-state index is 0.537. The fourth-order valence-electron chi connectivity index (χ4n) is 2.85. The third-order valence-corrected chi connectivity index (χ3v) is 4.20. The lowest BCUT2D eigenvalue weighted by atomic mass is 10.1. The van der Waals surface area contributed by atoms with Gasteiger partial charge in [0.25, 0.3) is 0 Å². The van der Waals surface area contributed by atoms with Crippen molar-refractivity contribution in [3.05, 3.63) is 52.8 Å². The molecule has 6 nitrogen and oxygen atoms in total. The second-order valence-electron chi connectivity index (χ2n) is 6.14. The number of aliphatic imine (C=N–C) groups is 1. The number of aromatic nitrogens is 1. The molecule has 2 N–H and O–H groups in total. The lowest BCUT2D eigenvalue weighted by Crippen LogP contribution is -2.37. The number of rotatable bonds is 8. The first-order valence-corrected chi connectivity index (χ1v) is 9.32. The zero-order valence-electron chi connectivity index (χ0n) is 16.9. The van der Waals surface area contributed by atoms with Crippen molar-refractivity contribution in [2.24, 2.45) is 4.99 Å². The van der Waals surface area contributed by atoms with Gasteiger partial charge in [0.05, 0.1) is 32.5 Å². The summed E-state index contributed by atoms with van der Waals surface area (Å²) in [5.74, 6) is 2.50. The van der Waals surface area contributed by atoms with Gasteiger partial charge in [0.1, 0.15) is 11.5 Å². The molecule has 2 rings (SSSR count). The summed E-state index contributed by atoms with van der Waals surface area (Å²) in [6.45, 7) is 10.6. The van der Waals surface area contributed by atoms with E-state index in [1.807, 2.05) is 58.2 Å². The van der Waals surface area contributed by atoms with Crippen LogP contribution in [0.5, 0.6) is 11.5 Å². The van der Waals surface area contributed by atoms with E-state index in [2.05, 4.69) is 20.6 Å². The van der Waals surface area contributed by atoms with Gasteiger partial charge >= 0.3 is 0 Å². The molecule has 1 heterocycles. The van der Waals surface area contributed by atoms with E-state index in [0.717, 1.165) is 46.4 Å². The Kier molecular flexibility index (Phi) is 7.92. The van der Waals surface area contributed by atoms with E-state index >= 15 is 0 Å². The van der Waals surface area contributed by atoms with E-state index in [1.54, 1.807) is 7.11 Å². The number of guanidine groups is 1. The van der Waals surface area contributed by atoms with E-state index < -0.39 is 0 Å². The molecule has 0 bridgehead atoms. The number of pyridine rings is 1. The van der Waals surface area contributed by atoms with Gasteiger partial charge in [0.15, 0.2) is 5.96 Å². The standard InChI is InChI=1S/C21H30N4O2/c1-6-22-21(24-13-17-10-8-9-11-19(17)27-7-2)25-14-18-16(4)20(26-5)15(3)12-23-18/h8-12H,6-7,13-14H2,1-5H3,(H2,22,24,25). The Labute approximate surface area is 162 Å². The van der Waals surface area contributed by atoms with Crippen LogP contribution in [-0.4, -0.2) is 31.2 Å². The van der Waals surface area contributed by atoms with E-state index in [-0.39, 0.29) is 0 Å². The van der Waals surface area contributed by atoms with Crippen LogP contribution >= 0.6 is 0 Å². The maximum atomic E-state index is 5.68. The number of nitrogens with zero attached hydrogens (tertiary/aromatic N) is 2. The van der Waals surface area contributed by atoms with Crippen LogP contribution in [0.15, 0.2) is 35.5 Å². The SMILES string of the molecule is CCNC(=NCc1ccccc1OCC)NCc1ncc(C)c(OC)c1C. The van der Waals surface area contributed by atoms with Crippen molar-refractivity contribution in [1.82, 2.24) is 15.6 Å². The molecule has 0 radical (unpaired) electrons. The van der Waals surface area contributed by atoms with Crippen LogP contribution in [0.4, 0.5) is 0 Å². The van der Waals surface area contributed by atoms with Crippen molar-refractivity contribution in [1.29, 1.82) is 0 Å². The average molecular weight is 370 g/mol. The van der Waals surface area contributed by atoms with Crippen LogP contribution in [-0.2, 0) is 13.1 Å². The summed E-state index contributed by atoms with van der Waals surface area (Å²) < 4.78 is 11.2. The topological polar surface area (TPSA) is 67.8 Å². The average Bonchev–Trinajstić information content (AvgIpc) is 2.67. The second-order valence-corrected chi connectivity index (χ2v) is 6.14. The van der Waals surface area contributed by atoms with Gasteiger partial charge in [-0.2, -0.15) is 0 Å². The molecule has 0 atom stereocenters. The van der Waals surface area contributed by atoms with Crippen LogP contribution in [0.2, 0.25) is 0 Å². The lowest BCUT2D eigenvalue weighted by Gasteiger charge is -2.15. The Morgan fingerprint density at radius 3 is 2.63 bits per heavy atom. The first kappa shape index (κ1) is 20.6. The number of benzene rings is 1. The van der Waals surface area contributed by atoms with Gasteiger partial charge in [-0.05, 0) is 33.8 Å². The highest BCUT2D eigenvalue weighted by Crippen LogP contribution is 2.23. The molecule has 6 heteroatoms. The smallest absolute Gasteiger partial charge is 0.191 e. The van der Waals surface area contributed by atoms with Crippen molar-refractivity contribution in [3.63, 3.8) is 0 Å². The molecule has 0 aliphatic heterocycles. The van der Waals surface area contributed by atoms with Gasteiger partial charge in [-0.25, -0.2) is 4.99 Å². The van der Waals surface area contributed by atoms with Crippen molar-refractivity contribution >= 4 is 5.96 Å². The highest BCUT2D eigenvalue weighted by atomic mass is 16.5. The Hall–Kier alpha value is -2.76. The summed E-state index contributed by atoms with van der Waals surface area (Å²) in [7, 11) is 1.69. The van der Waals surface area contributed by atoms with E-state index in [0.29, 0.717) is 19.7 Å². The van der Waals surface area contributed by atoms with E-state index in [1.165, 1.54) is 0 Å². The highest BCUT2D eigenvalue weighted by molar-refractivity contribution is 5.79. The molecule has 27 heavy (non-hydrogen) atoms. The van der Waals surface area contributed by atoms with Crippen molar-refractivity contribution in [3.8, 4) is 11.5 Å².